The third-order valence-corrected chi connectivity index (χ3v) is 4.26. The molecule has 0 saturated heterocycles. The third-order valence-electron chi connectivity index (χ3n) is 2.41. The number of pyridine rings is 1. The highest BCUT2D eigenvalue weighted by Crippen LogP contribution is 1.98. The van der Waals surface area contributed by atoms with Gasteiger partial charge in [0.1, 0.15) is 0 Å². The number of hydrogen-bond acceptors (Lipinski definition) is 4. The van der Waals surface area contributed by atoms with Crippen molar-refractivity contribution in [2.75, 3.05) is 18.1 Å². The molecule has 0 aliphatic heterocycles. The SMILES string of the molecule is CCCS(=O)(=O)CCNCc1ccc(C)nc1. The van der Waals surface area contributed by atoms with Gasteiger partial charge in [-0.05, 0) is 25.0 Å². The maximum atomic E-state index is 11.4. The first-order valence-corrected chi connectivity index (χ1v) is 7.68. The lowest BCUT2D eigenvalue weighted by Gasteiger charge is -2.05. The summed E-state index contributed by atoms with van der Waals surface area (Å²) in [7, 11) is -2.87. The zero-order chi connectivity index (χ0) is 12.7. The van der Waals surface area contributed by atoms with Crippen LogP contribution in [-0.2, 0) is 16.4 Å². The predicted molar refractivity (Wildman–Crippen MR) is 69.6 cm³/mol. The Balaban J connectivity index is 2.27. The summed E-state index contributed by atoms with van der Waals surface area (Å²) in [6.45, 7) is 4.97. The fourth-order valence-corrected chi connectivity index (χ4v) is 2.76. The molecular formula is C12H20N2O2S. The van der Waals surface area contributed by atoms with Crippen molar-refractivity contribution in [2.24, 2.45) is 0 Å². The van der Waals surface area contributed by atoms with Crippen molar-refractivity contribution in [3.8, 4) is 0 Å². The minimum atomic E-state index is -2.87. The van der Waals surface area contributed by atoms with Crippen LogP contribution < -0.4 is 5.32 Å². The molecular weight excluding hydrogens is 236 g/mol. The lowest BCUT2D eigenvalue weighted by atomic mass is 10.2. The molecule has 1 N–H and O–H groups in total. The molecule has 0 saturated carbocycles. The Morgan fingerprint density at radius 2 is 2.06 bits per heavy atom. The molecule has 0 aliphatic carbocycles. The van der Waals surface area contributed by atoms with Crippen molar-refractivity contribution in [2.45, 2.75) is 26.8 Å². The van der Waals surface area contributed by atoms with Crippen LogP contribution in [0, 0.1) is 6.92 Å². The van der Waals surface area contributed by atoms with Crippen LogP contribution in [-0.4, -0.2) is 31.5 Å². The lowest BCUT2D eigenvalue weighted by molar-refractivity contribution is 0.589. The van der Waals surface area contributed by atoms with E-state index in [2.05, 4.69) is 10.3 Å². The number of aromatic nitrogens is 1. The van der Waals surface area contributed by atoms with E-state index in [1.54, 1.807) is 0 Å². The lowest BCUT2D eigenvalue weighted by Crippen LogP contribution is -2.24. The summed E-state index contributed by atoms with van der Waals surface area (Å²) in [5, 5.41) is 3.12. The van der Waals surface area contributed by atoms with Crippen LogP contribution in [0.15, 0.2) is 18.3 Å². The maximum Gasteiger partial charge on any atom is 0.151 e. The van der Waals surface area contributed by atoms with Gasteiger partial charge in [-0.25, -0.2) is 8.42 Å². The highest BCUT2D eigenvalue weighted by molar-refractivity contribution is 7.91. The first-order chi connectivity index (χ1) is 8.03. The Bertz CT molecular complexity index is 426. The van der Waals surface area contributed by atoms with Crippen LogP contribution in [0.25, 0.3) is 0 Å². The largest absolute Gasteiger partial charge is 0.312 e. The van der Waals surface area contributed by atoms with Crippen LogP contribution in [0.3, 0.4) is 0 Å². The normalized spacial score (nSPS) is 11.6. The van der Waals surface area contributed by atoms with Crippen molar-refractivity contribution in [1.29, 1.82) is 0 Å². The average molecular weight is 256 g/mol. The molecule has 0 fully saturated rings. The molecule has 1 heterocycles. The fraction of sp³-hybridized carbons (Fsp3) is 0.583. The number of rotatable bonds is 7. The second-order valence-electron chi connectivity index (χ2n) is 4.14. The Labute approximate surface area is 103 Å². The van der Waals surface area contributed by atoms with E-state index >= 15 is 0 Å². The van der Waals surface area contributed by atoms with Crippen LogP contribution in [0.2, 0.25) is 0 Å². The molecule has 1 rings (SSSR count). The van der Waals surface area contributed by atoms with Crippen molar-refractivity contribution >= 4 is 9.84 Å². The highest BCUT2D eigenvalue weighted by Gasteiger charge is 2.07. The van der Waals surface area contributed by atoms with Crippen LogP contribution in [0.1, 0.15) is 24.6 Å². The number of nitrogens with zero attached hydrogens (tertiary/aromatic N) is 1. The second-order valence-corrected chi connectivity index (χ2v) is 6.44. The third kappa shape index (κ3) is 5.79. The summed E-state index contributed by atoms with van der Waals surface area (Å²) in [5.41, 5.74) is 2.06. The van der Waals surface area contributed by atoms with Gasteiger partial charge in [0, 0.05) is 30.7 Å². The summed E-state index contributed by atoms with van der Waals surface area (Å²) in [6.07, 6.45) is 2.49. The molecule has 0 unspecified atom stereocenters. The minimum absolute atomic E-state index is 0.208. The maximum absolute atomic E-state index is 11.4. The Morgan fingerprint density at radius 1 is 1.29 bits per heavy atom. The topological polar surface area (TPSA) is 59.1 Å². The van der Waals surface area contributed by atoms with Gasteiger partial charge in [-0.2, -0.15) is 0 Å². The minimum Gasteiger partial charge on any atom is -0.312 e. The molecule has 5 heteroatoms. The fourth-order valence-electron chi connectivity index (χ4n) is 1.48. The molecule has 4 nitrogen and oxygen atoms in total. The summed E-state index contributed by atoms with van der Waals surface area (Å²) < 4.78 is 22.9. The molecule has 0 radical (unpaired) electrons. The average Bonchev–Trinajstić information content (AvgIpc) is 2.27. The second kappa shape index (κ2) is 6.71. The van der Waals surface area contributed by atoms with E-state index in [0.717, 1.165) is 11.3 Å². The molecule has 0 spiro atoms. The number of nitrogens with one attached hydrogen (secondary N) is 1. The number of aryl methyl sites for hydroxylation is 1. The van der Waals surface area contributed by atoms with Gasteiger partial charge < -0.3 is 5.32 Å². The molecule has 1 aromatic rings. The number of hydrogen-bond donors (Lipinski definition) is 1. The van der Waals surface area contributed by atoms with E-state index in [1.165, 1.54) is 0 Å². The molecule has 0 atom stereocenters. The van der Waals surface area contributed by atoms with Crippen molar-refractivity contribution in [3.05, 3.63) is 29.6 Å². The van der Waals surface area contributed by atoms with Gasteiger partial charge in [0.2, 0.25) is 0 Å². The van der Waals surface area contributed by atoms with Crippen molar-refractivity contribution < 1.29 is 8.42 Å². The van der Waals surface area contributed by atoms with Gasteiger partial charge in [0.05, 0.1) is 5.75 Å². The van der Waals surface area contributed by atoms with Crippen LogP contribution >= 0.6 is 0 Å². The standard InChI is InChI=1S/C12H20N2O2S/c1-3-7-17(15,16)8-6-13-9-12-5-4-11(2)14-10-12/h4-5,10,13H,3,6-9H2,1-2H3. The smallest absolute Gasteiger partial charge is 0.151 e. The monoisotopic (exact) mass is 256 g/mol. The van der Waals surface area contributed by atoms with E-state index in [1.807, 2.05) is 32.2 Å². The van der Waals surface area contributed by atoms with E-state index in [-0.39, 0.29) is 11.5 Å². The first kappa shape index (κ1) is 14.1. The number of sulfone groups is 1. The molecule has 1 aromatic heterocycles. The van der Waals surface area contributed by atoms with E-state index in [9.17, 15) is 8.42 Å². The Kier molecular flexibility index (Phi) is 5.58. The molecule has 96 valence electrons. The molecule has 0 aromatic carbocycles. The van der Waals surface area contributed by atoms with Gasteiger partial charge in [-0.1, -0.05) is 13.0 Å². The molecule has 0 bridgehead atoms. The predicted octanol–water partition coefficient (Wildman–Crippen LogP) is 1.30. The summed E-state index contributed by atoms with van der Waals surface area (Å²) in [6, 6.07) is 3.95. The van der Waals surface area contributed by atoms with Gasteiger partial charge in [0.15, 0.2) is 9.84 Å². The summed E-state index contributed by atoms with van der Waals surface area (Å²) in [4.78, 5) is 4.18. The van der Waals surface area contributed by atoms with E-state index in [0.29, 0.717) is 19.5 Å². The van der Waals surface area contributed by atoms with Crippen molar-refractivity contribution in [3.63, 3.8) is 0 Å². The van der Waals surface area contributed by atoms with Gasteiger partial charge in [-0.15, -0.1) is 0 Å². The Hall–Kier alpha value is -0.940. The molecule has 0 aliphatic rings. The first-order valence-electron chi connectivity index (χ1n) is 5.86. The highest BCUT2D eigenvalue weighted by atomic mass is 32.2. The summed E-state index contributed by atoms with van der Waals surface area (Å²) >= 11 is 0. The molecule has 0 amide bonds. The molecule has 17 heavy (non-hydrogen) atoms. The van der Waals surface area contributed by atoms with Gasteiger partial charge in [-0.3, -0.25) is 4.98 Å². The van der Waals surface area contributed by atoms with Crippen molar-refractivity contribution in [1.82, 2.24) is 10.3 Å². The van der Waals surface area contributed by atoms with Gasteiger partial charge >= 0.3 is 0 Å². The zero-order valence-corrected chi connectivity index (χ0v) is 11.3. The quantitative estimate of drug-likeness (QED) is 0.747. The van der Waals surface area contributed by atoms with Gasteiger partial charge in [0.25, 0.3) is 0 Å². The Morgan fingerprint density at radius 3 is 2.65 bits per heavy atom. The van der Waals surface area contributed by atoms with Crippen LogP contribution in [0.5, 0.6) is 0 Å². The van der Waals surface area contributed by atoms with E-state index in [4.69, 9.17) is 0 Å². The summed E-state index contributed by atoms with van der Waals surface area (Å²) in [5.74, 6) is 0.487. The van der Waals surface area contributed by atoms with Crippen LogP contribution in [0.4, 0.5) is 0 Å². The zero-order valence-electron chi connectivity index (χ0n) is 10.4. The van der Waals surface area contributed by atoms with E-state index < -0.39 is 9.84 Å².